The first kappa shape index (κ1) is 18.1. The van der Waals surface area contributed by atoms with E-state index in [0.29, 0.717) is 5.56 Å². The van der Waals surface area contributed by atoms with E-state index in [1.54, 1.807) is 12.1 Å². The van der Waals surface area contributed by atoms with Crippen LogP contribution in [0.25, 0.3) is 16.5 Å². The zero-order chi connectivity index (χ0) is 19.9. The highest BCUT2D eigenvalue weighted by Crippen LogP contribution is 2.37. The van der Waals surface area contributed by atoms with Crippen LogP contribution in [0.4, 0.5) is 5.69 Å². The molecule has 0 spiro atoms. The van der Waals surface area contributed by atoms with Crippen molar-refractivity contribution in [1.29, 1.82) is 0 Å². The molecule has 0 unspecified atom stereocenters. The van der Waals surface area contributed by atoms with Gasteiger partial charge in [0, 0.05) is 41.6 Å². The maximum atomic E-state index is 11.4. The van der Waals surface area contributed by atoms with Crippen molar-refractivity contribution in [1.82, 2.24) is 4.57 Å². The molecular weight excluding hydrogens is 348 g/mol. The van der Waals surface area contributed by atoms with Gasteiger partial charge in [0.1, 0.15) is 0 Å². The third-order valence-corrected chi connectivity index (χ3v) is 5.54. The number of hydrogen-bond donors (Lipinski definition) is 2. The number of aromatic nitrogens is 1. The zero-order valence-corrected chi connectivity index (χ0v) is 16.4. The number of hydrogen-bond acceptors (Lipinski definition) is 2. The van der Waals surface area contributed by atoms with Crippen molar-refractivity contribution in [3.63, 3.8) is 0 Å². The monoisotopic (exact) mass is 372 g/mol. The number of carboxylic acids is 1. The van der Waals surface area contributed by atoms with Gasteiger partial charge in [-0.1, -0.05) is 38.1 Å². The van der Waals surface area contributed by atoms with Crippen molar-refractivity contribution >= 4 is 28.1 Å². The summed E-state index contributed by atoms with van der Waals surface area (Å²) in [5.74, 6) is -0.902. The lowest BCUT2D eigenvalue weighted by atomic mass is 9.79. The van der Waals surface area contributed by atoms with E-state index in [1.807, 2.05) is 12.3 Å². The molecule has 4 heteroatoms. The van der Waals surface area contributed by atoms with Crippen molar-refractivity contribution in [2.75, 3.05) is 5.32 Å². The van der Waals surface area contributed by atoms with Gasteiger partial charge in [0.2, 0.25) is 0 Å². The Balaban J connectivity index is 1.81. The van der Waals surface area contributed by atoms with Crippen molar-refractivity contribution in [3.8, 4) is 0 Å². The summed E-state index contributed by atoms with van der Waals surface area (Å²) in [4.78, 5) is 11.4. The molecule has 0 bridgehead atoms. The van der Waals surface area contributed by atoms with Gasteiger partial charge < -0.3 is 15.0 Å². The highest BCUT2D eigenvalue weighted by molar-refractivity contribution is 5.95. The number of nitrogens with zero attached hydrogens (tertiary/aromatic N) is 1. The zero-order valence-electron chi connectivity index (χ0n) is 16.4. The Morgan fingerprint density at radius 3 is 2.75 bits per heavy atom. The van der Waals surface area contributed by atoms with Crippen LogP contribution in [0.2, 0.25) is 0 Å². The Kier molecular flexibility index (Phi) is 4.34. The average Bonchev–Trinajstić information content (AvgIpc) is 3.03. The molecule has 2 heterocycles. The van der Waals surface area contributed by atoms with Gasteiger partial charge in [-0.2, -0.15) is 0 Å². The maximum Gasteiger partial charge on any atom is 0.335 e. The first-order valence-corrected chi connectivity index (χ1v) is 9.42. The molecule has 0 atom stereocenters. The Labute approximate surface area is 164 Å². The summed E-state index contributed by atoms with van der Waals surface area (Å²) in [7, 11) is 2.07. The lowest BCUT2D eigenvalue weighted by Gasteiger charge is -2.26. The van der Waals surface area contributed by atoms with E-state index >= 15 is 0 Å². The Bertz CT molecular complexity index is 1130. The highest BCUT2D eigenvalue weighted by atomic mass is 16.4. The number of nitrogens with one attached hydrogen (secondary N) is 1. The molecule has 0 saturated carbocycles. The molecule has 28 heavy (non-hydrogen) atoms. The molecule has 1 aliphatic heterocycles. The SMILES string of the molecule is Cn1cc(C2=CCC(C)(C)c3cc(C(=O)O)ccc3NC=C2)c2ccccc21. The van der Waals surface area contributed by atoms with Crippen LogP contribution in [0.3, 0.4) is 0 Å². The molecule has 0 radical (unpaired) electrons. The second kappa shape index (κ2) is 6.71. The molecule has 1 aromatic heterocycles. The van der Waals surface area contributed by atoms with E-state index in [0.717, 1.165) is 23.2 Å². The smallest absolute Gasteiger partial charge is 0.335 e. The first-order valence-electron chi connectivity index (χ1n) is 9.42. The van der Waals surface area contributed by atoms with Gasteiger partial charge in [0.05, 0.1) is 5.56 Å². The lowest BCUT2D eigenvalue weighted by Crippen LogP contribution is -2.18. The Morgan fingerprint density at radius 1 is 1.18 bits per heavy atom. The number of allylic oxidation sites excluding steroid dienone is 3. The molecule has 1 aliphatic rings. The third kappa shape index (κ3) is 3.11. The molecule has 0 amide bonds. The van der Waals surface area contributed by atoms with Gasteiger partial charge in [0.15, 0.2) is 0 Å². The number of rotatable bonds is 2. The van der Waals surface area contributed by atoms with E-state index in [-0.39, 0.29) is 5.41 Å². The van der Waals surface area contributed by atoms with Crippen molar-refractivity contribution in [2.45, 2.75) is 25.7 Å². The normalized spacial score (nSPS) is 15.8. The molecule has 3 aromatic rings. The molecule has 2 N–H and O–H groups in total. The number of fused-ring (bicyclic) bond motifs is 2. The molecule has 0 saturated heterocycles. The second-order valence-corrected chi connectivity index (χ2v) is 7.96. The standard InChI is InChI=1S/C24H24N2O2/c1-24(2)12-10-16(19-15-26(3)22-7-5-4-6-18(19)22)11-13-25-21-9-8-17(23(27)28)14-20(21)24/h4-11,13-15,25H,12H2,1-3H3,(H,27,28). The van der Waals surface area contributed by atoms with Gasteiger partial charge in [0.25, 0.3) is 0 Å². The van der Waals surface area contributed by atoms with E-state index in [9.17, 15) is 9.90 Å². The van der Waals surface area contributed by atoms with Gasteiger partial charge in [-0.15, -0.1) is 0 Å². The van der Waals surface area contributed by atoms with Crippen LogP contribution in [0, 0.1) is 0 Å². The molecule has 0 fully saturated rings. The number of benzene rings is 2. The predicted octanol–water partition coefficient (Wildman–Crippen LogP) is 5.57. The van der Waals surface area contributed by atoms with Crippen LogP contribution in [0.1, 0.15) is 41.8 Å². The molecule has 2 aromatic carbocycles. The van der Waals surface area contributed by atoms with Crippen molar-refractivity contribution in [2.24, 2.45) is 7.05 Å². The predicted molar refractivity (Wildman–Crippen MR) is 115 cm³/mol. The van der Waals surface area contributed by atoms with Crippen molar-refractivity contribution < 1.29 is 9.90 Å². The van der Waals surface area contributed by atoms with Crippen LogP contribution in [0.5, 0.6) is 0 Å². The quantitative estimate of drug-likeness (QED) is 0.618. The van der Waals surface area contributed by atoms with Crippen LogP contribution >= 0.6 is 0 Å². The van der Waals surface area contributed by atoms with E-state index < -0.39 is 5.97 Å². The van der Waals surface area contributed by atoms with E-state index in [2.05, 4.69) is 73.4 Å². The number of carbonyl (C=O) groups is 1. The summed E-state index contributed by atoms with van der Waals surface area (Å²) >= 11 is 0. The summed E-state index contributed by atoms with van der Waals surface area (Å²) in [6.45, 7) is 4.31. The molecule has 0 aliphatic carbocycles. The third-order valence-electron chi connectivity index (χ3n) is 5.54. The van der Waals surface area contributed by atoms with Crippen LogP contribution in [-0.4, -0.2) is 15.6 Å². The minimum Gasteiger partial charge on any atom is -0.478 e. The second-order valence-electron chi connectivity index (χ2n) is 7.96. The number of anilines is 1. The van der Waals surface area contributed by atoms with Crippen LogP contribution in [0.15, 0.2) is 67.0 Å². The summed E-state index contributed by atoms with van der Waals surface area (Å²) in [6.07, 6.45) is 9.25. The topological polar surface area (TPSA) is 54.3 Å². The number of para-hydroxylation sites is 1. The van der Waals surface area contributed by atoms with Crippen molar-refractivity contribution in [3.05, 3.63) is 83.7 Å². The maximum absolute atomic E-state index is 11.4. The van der Waals surface area contributed by atoms with Gasteiger partial charge in [-0.25, -0.2) is 4.79 Å². The largest absolute Gasteiger partial charge is 0.478 e. The first-order chi connectivity index (χ1) is 13.4. The summed E-state index contributed by atoms with van der Waals surface area (Å²) in [5.41, 5.74) is 5.61. The number of aromatic carboxylic acids is 1. The lowest BCUT2D eigenvalue weighted by molar-refractivity contribution is 0.0696. The molecule has 142 valence electrons. The van der Waals surface area contributed by atoms with Gasteiger partial charge >= 0.3 is 5.97 Å². The fourth-order valence-corrected chi connectivity index (χ4v) is 3.90. The molecule has 4 nitrogen and oxygen atoms in total. The summed E-state index contributed by atoms with van der Waals surface area (Å²) in [6, 6.07) is 13.7. The van der Waals surface area contributed by atoms with Crippen LogP contribution < -0.4 is 5.32 Å². The fourth-order valence-electron chi connectivity index (χ4n) is 3.90. The number of aryl methyl sites for hydroxylation is 1. The van der Waals surface area contributed by atoms with E-state index in [1.165, 1.54) is 16.5 Å². The Hall–Kier alpha value is -3.27. The minimum absolute atomic E-state index is 0.213. The van der Waals surface area contributed by atoms with Gasteiger partial charge in [-0.05, 0) is 53.3 Å². The minimum atomic E-state index is -0.902. The average molecular weight is 372 g/mol. The highest BCUT2D eigenvalue weighted by Gasteiger charge is 2.25. The summed E-state index contributed by atoms with van der Waals surface area (Å²) < 4.78 is 2.15. The van der Waals surface area contributed by atoms with Crippen LogP contribution in [-0.2, 0) is 12.5 Å². The molecule has 4 rings (SSSR count). The Morgan fingerprint density at radius 2 is 1.96 bits per heavy atom. The van der Waals surface area contributed by atoms with Gasteiger partial charge in [-0.3, -0.25) is 0 Å². The fraction of sp³-hybridized carbons (Fsp3) is 0.208. The summed E-state index contributed by atoms with van der Waals surface area (Å²) in [5, 5.41) is 14.0. The molecular formula is C24H24N2O2. The van der Waals surface area contributed by atoms with E-state index in [4.69, 9.17) is 0 Å². The number of carboxylic acid groups (broad SMARTS) is 1.